The van der Waals surface area contributed by atoms with Crippen molar-refractivity contribution in [3.05, 3.63) is 94.4 Å². The maximum absolute atomic E-state index is 11.0. The number of para-hydroxylation sites is 1. The molecule has 0 aliphatic carbocycles. The Morgan fingerprint density at radius 3 is 2.70 bits per heavy atom. The standard InChI is InChI=1S/C22H20N6O2/c1-16-12-21(26-22(25-16)18-6-5-9-20(13-18)28(29)30)23-11-10-17-14-24-27(15-17)19-7-3-2-4-8-19/h2-9,12-15H,10-11H2,1H3,(H,23,25,26). The van der Waals surface area contributed by atoms with Crippen molar-refractivity contribution in [3.63, 3.8) is 0 Å². The number of aromatic nitrogens is 4. The summed E-state index contributed by atoms with van der Waals surface area (Å²) in [6.45, 7) is 2.54. The van der Waals surface area contributed by atoms with Crippen LogP contribution in [0.3, 0.4) is 0 Å². The molecule has 0 aliphatic rings. The summed E-state index contributed by atoms with van der Waals surface area (Å²) in [7, 11) is 0. The zero-order chi connectivity index (χ0) is 20.9. The van der Waals surface area contributed by atoms with E-state index in [4.69, 9.17) is 0 Å². The lowest BCUT2D eigenvalue weighted by Gasteiger charge is -2.08. The molecule has 2 aromatic heterocycles. The summed E-state index contributed by atoms with van der Waals surface area (Å²) in [5.41, 5.74) is 3.54. The number of aryl methyl sites for hydroxylation is 1. The third-order valence-corrected chi connectivity index (χ3v) is 4.55. The molecule has 0 bridgehead atoms. The van der Waals surface area contributed by atoms with E-state index in [1.165, 1.54) is 12.1 Å². The van der Waals surface area contributed by atoms with Crippen LogP contribution in [0.2, 0.25) is 0 Å². The van der Waals surface area contributed by atoms with Gasteiger partial charge in [0.2, 0.25) is 0 Å². The molecule has 8 heteroatoms. The average molecular weight is 400 g/mol. The van der Waals surface area contributed by atoms with Crippen molar-refractivity contribution >= 4 is 11.5 Å². The molecule has 4 rings (SSSR count). The number of nitrogens with one attached hydrogen (secondary N) is 1. The Morgan fingerprint density at radius 2 is 1.90 bits per heavy atom. The first-order valence-corrected chi connectivity index (χ1v) is 9.52. The van der Waals surface area contributed by atoms with Crippen LogP contribution < -0.4 is 5.32 Å². The summed E-state index contributed by atoms with van der Waals surface area (Å²) in [4.78, 5) is 19.6. The fraction of sp³-hybridized carbons (Fsp3) is 0.136. The van der Waals surface area contributed by atoms with Gasteiger partial charge in [-0.2, -0.15) is 5.10 Å². The first-order chi connectivity index (χ1) is 14.6. The number of nitro groups is 1. The van der Waals surface area contributed by atoms with Gasteiger partial charge in [0, 0.05) is 42.2 Å². The number of non-ortho nitro benzene ring substituents is 1. The highest BCUT2D eigenvalue weighted by Gasteiger charge is 2.10. The van der Waals surface area contributed by atoms with Crippen LogP contribution in [0.4, 0.5) is 11.5 Å². The molecule has 0 spiro atoms. The molecular formula is C22H20N6O2. The largest absolute Gasteiger partial charge is 0.370 e. The van der Waals surface area contributed by atoms with Gasteiger partial charge < -0.3 is 5.32 Å². The molecule has 0 saturated carbocycles. The molecule has 1 N–H and O–H groups in total. The highest BCUT2D eigenvalue weighted by Crippen LogP contribution is 2.22. The summed E-state index contributed by atoms with van der Waals surface area (Å²) in [6.07, 6.45) is 4.65. The Hall–Kier alpha value is -4.07. The van der Waals surface area contributed by atoms with Crippen molar-refractivity contribution in [2.45, 2.75) is 13.3 Å². The topological polar surface area (TPSA) is 98.8 Å². The molecule has 0 aliphatic heterocycles. The SMILES string of the molecule is Cc1cc(NCCc2cnn(-c3ccccc3)c2)nc(-c2cccc([N+](=O)[O-])c2)n1. The molecule has 0 amide bonds. The van der Waals surface area contributed by atoms with Gasteiger partial charge in [0.15, 0.2) is 5.82 Å². The summed E-state index contributed by atoms with van der Waals surface area (Å²) in [6, 6.07) is 18.1. The van der Waals surface area contributed by atoms with Gasteiger partial charge in [-0.3, -0.25) is 10.1 Å². The maximum Gasteiger partial charge on any atom is 0.270 e. The summed E-state index contributed by atoms with van der Waals surface area (Å²) >= 11 is 0. The van der Waals surface area contributed by atoms with Gasteiger partial charge in [0.25, 0.3) is 5.69 Å². The molecule has 8 nitrogen and oxygen atoms in total. The van der Waals surface area contributed by atoms with Crippen LogP contribution in [0.25, 0.3) is 17.1 Å². The second-order valence-electron chi connectivity index (χ2n) is 6.83. The minimum atomic E-state index is -0.423. The average Bonchev–Trinajstić information content (AvgIpc) is 3.23. The van der Waals surface area contributed by atoms with Gasteiger partial charge in [-0.05, 0) is 31.0 Å². The van der Waals surface area contributed by atoms with E-state index in [9.17, 15) is 10.1 Å². The molecule has 0 fully saturated rings. The van der Waals surface area contributed by atoms with Crippen molar-refractivity contribution in [1.29, 1.82) is 0 Å². The fourth-order valence-electron chi connectivity index (χ4n) is 3.09. The smallest absolute Gasteiger partial charge is 0.270 e. The molecule has 2 heterocycles. The molecule has 4 aromatic rings. The normalized spacial score (nSPS) is 10.7. The minimum absolute atomic E-state index is 0.0162. The van der Waals surface area contributed by atoms with Crippen LogP contribution in [0.1, 0.15) is 11.3 Å². The third kappa shape index (κ3) is 4.49. The van der Waals surface area contributed by atoms with Crippen LogP contribution in [0.5, 0.6) is 0 Å². The Balaban J connectivity index is 1.44. The third-order valence-electron chi connectivity index (χ3n) is 4.55. The Labute approximate surface area is 173 Å². The fourth-order valence-corrected chi connectivity index (χ4v) is 3.09. The van der Waals surface area contributed by atoms with Gasteiger partial charge in [-0.1, -0.05) is 30.3 Å². The summed E-state index contributed by atoms with van der Waals surface area (Å²) in [5.74, 6) is 1.14. The predicted molar refractivity (Wildman–Crippen MR) is 115 cm³/mol. The lowest BCUT2D eigenvalue weighted by atomic mass is 10.2. The number of hydrogen-bond donors (Lipinski definition) is 1. The molecule has 0 atom stereocenters. The predicted octanol–water partition coefficient (Wildman–Crippen LogP) is 4.20. The molecular weight excluding hydrogens is 380 g/mol. The second kappa shape index (κ2) is 8.52. The van der Waals surface area contributed by atoms with E-state index >= 15 is 0 Å². The van der Waals surface area contributed by atoms with Crippen molar-refractivity contribution in [2.75, 3.05) is 11.9 Å². The van der Waals surface area contributed by atoms with Crippen LogP contribution >= 0.6 is 0 Å². The van der Waals surface area contributed by atoms with Gasteiger partial charge in [-0.25, -0.2) is 14.6 Å². The number of nitrogens with zero attached hydrogens (tertiary/aromatic N) is 5. The highest BCUT2D eigenvalue weighted by molar-refractivity contribution is 5.61. The molecule has 0 radical (unpaired) electrons. The van der Waals surface area contributed by atoms with Gasteiger partial charge in [0.05, 0.1) is 16.8 Å². The van der Waals surface area contributed by atoms with Crippen molar-refractivity contribution in [1.82, 2.24) is 19.7 Å². The quantitative estimate of drug-likeness (QED) is 0.369. The van der Waals surface area contributed by atoms with Gasteiger partial charge in [-0.15, -0.1) is 0 Å². The van der Waals surface area contributed by atoms with E-state index < -0.39 is 4.92 Å². The second-order valence-corrected chi connectivity index (χ2v) is 6.83. The van der Waals surface area contributed by atoms with Crippen LogP contribution in [0, 0.1) is 17.0 Å². The van der Waals surface area contributed by atoms with Crippen LogP contribution in [0.15, 0.2) is 73.1 Å². The summed E-state index contributed by atoms with van der Waals surface area (Å²) in [5, 5.41) is 18.8. The highest BCUT2D eigenvalue weighted by atomic mass is 16.6. The Bertz CT molecular complexity index is 1170. The number of rotatable bonds is 7. The number of anilines is 1. The molecule has 30 heavy (non-hydrogen) atoms. The van der Waals surface area contributed by atoms with E-state index in [-0.39, 0.29) is 5.69 Å². The van der Waals surface area contributed by atoms with E-state index in [2.05, 4.69) is 20.4 Å². The molecule has 0 saturated heterocycles. The monoisotopic (exact) mass is 400 g/mol. The lowest BCUT2D eigenvalue weighted by molar-refractivity contribution is -0.384. The van der Waals surface area contributed by atoms with E-state index in [0.29, 0.717) is 23.8 Å². The Morgan fingerprint density at radius 1 is 1.07 bits per heavy atom. The summed E-state index contributed by atoms with van der Waals surface area (Å²) < 4.78 is 1.85. The number of benzene rings is 2. The van der Waals surface area contributed by atoms with E-state index in [1.807, 2.05) is 60.4 Å². The first-order valence-electron chi connectivity index (χ1n) is 9.52. The number of hydrogen-bond acceptors (Lipinski definition) is 6. The lowest BCUT2D eigenvalue weighted by Crippen LogP contribution is -2.07. The van der Waals surface area contributed by atoms with E-state index in [1.54, 1.807) is 12.1 Å². The van der Waals surface area contributed by atoms with Crippen molar-refractivity contribution < 1.29 is 4.92 Å². The maximum atomic E-state index is 11.0. The van der Waals surface area contributed by atoms with Gasteiger partial charge >= 0.3 is 0 Å². The zero-order valence-corrected chi connectivity index (χ0v) is 16.4. The first kappa shape index (κ1) is 19.3. The molecule has 150 valence electrons. The zero-order valence-electron chi connectivity index (χ0n) is 16.4. The number of nitro benzene ring substituents is 1. The van der Waals surface area contributed by atoms with Crippen LogP contribution in [-0.4, -0.2) is 31.2 Å². The molecule has 2 aromatic carbocycles. The van der Waals surface area contributed by atoms with Crippen molar-refractivity contribution in [3.8, 4) is 17.1 Å². The Kier molecular flexibility index (Phi) is 5.47. The molecule has 0 unspecified atom stereocenters. The van der Waals surface area contributed by atoms with E-state index in [0.717, 1.165) is 23.4 Å². The van der Waals surface area contributed by atoms with Gasteiger partial charge in [0.1, 0.15) is 5.82 Å². The van der Waals surface area contributed by atoms with Crippen molar-refractivity contribution in [2.24, 2.45) is 0 Å². The van der Waals surface area contributed by atoms with Crippen LogP contribution in [-0.2, 0) is 6.42 Å². The minimum Gasteiger partial charge on any atom is -0.370 e.